The third-order valence-corrected chi connectivity index (χ3v) is 3.89. The van der Waals surface area contributed by atoms with Crippen molar-refractivity contribution >= 4 is 27.6 Å². The van der Waals surface area contributed by atoms with Crippen LogP contribution in [-0.2, 0) is 0 Å². The Morgan fingerprint density at radius 1 is 1.37 bits per heavy atom. The smallest absolute Gasteiger partial charge is 0.146 e. The van der Waals surface area contributed by atoms with E-state index in [4.69, 9.17) is 5.73 Å². The molecule has 0 aliphatic rings. The van der Waals surface area contributed by atoms with E-state index in [1.807, 2.05) is 13.0 Å². The molecule has 6 heteroatoms. The SMILES string of the molecule is Cc1nsc(N)c1-c1nc2cnccc2n1C(C)C. The molecule has 0 aliphatic heterocycles. The maximum absolute atomic E-state index is 6.05. The third kappa shape index (κ3) is 1.79. The summed E-state index contributed by atoms with van der Waals surface area (Å²) >= 11 is 1.32. The van der Waals surface area contributed by atoms with Gasteiger partial charge in [-0.15, -0.1) is 0 Å². The highest BCUT2D eigenvalue weighted by molar-refractivity contribution is 7.10. The molecule has 3 rings (SSSR count). The maximum atomic E-state index is 6.05. The summed E-state index contributed by atoms with van der Waals surface area (Å²) in [7, 11) is 0. The molecule has 0 atom stereocenters. The number of nitrogens with zero attached hydrogens (tertiary/aromatic N) is 4. The third-order valence-electron chi connectivity index (χ3n) is 3.12. The van der Waals surface area contributed by atoms with Crippen molar-refractivity contribution in [3.63, 3.8) is 0 Å². The number of hydrogen-bond acceptors (Lipinski definition) is 5. The molecular weight excluding hydrogens is 258 g/mol. The van der Waals surface area contributed by atoms with Crippen molar-refractivity contribution in [2.45, 2.75) is 26.8 Å². The van der Waals surface area contributed by atoms with Gasteiger partial charge in [-0.2, -0.15) is 4.37 Å². The quantitative estimate of drug-likeness (QED) is 0.779. The Bertz CT molecular complexity index is 721. The molecule has 5 nitrogen and oxygen atoms in total. The lowest BCUT2D eigenvalue weighted by Crippen LogP contribution is -2.04. The second kappa shape index (κ2) is 4.31. The van der Waals surface area contributed by atoms with E-state index >= 15 is 0 Å². The van der Waals surface area contributed by atoms with E-state index < -0.39 is 0 Å². The van der Waals surface area contributed by atoms with Crippen LogP contribution < -0.4 is 5.73 Å². The van der Waals surface area contributed by atoms with Crippen molar-refractivity contribution in [3.05, 3.63) is 24.2 Å². The zero-order valence-electron chi connectivity index (χ0n) is 11.1. The summed E-state index contributed by atoms with van der Waals surface area (Å²) in [6, 6.07) is 2.28. The van der Waals surface area contributed by atoms with Gasteiger partial charge in [0.1, 0.15) is 16.3 Å². The minimum absolute atomic E-state index is 0.293. The predicted octanol–water partition coefficient (Wildman–Crippen LogP) is 3.03. The van der Waals surface area contributed by atoms with Crippen LogP contribution in [0.4, 0.5) is 5.00 Å². The van der Waals surface area contributed by atoms with Gasteiger partial charge in [-0.1, -0.05) is 0 Å². The van der Waals surface area contributed by atoms with Crippen LogP contribution >= 0.6 is 11.5 Å². The summed E-state index contributed by atoms with van der Waals surface area (Å²) in [5, 5.41) is 0.711. The van der Waals surface area contributed by atoms with Crippen molar-refractivity contribution in [1.82, 2.24) is 18.9 Å². The number of aromatic nitrogens is 4. The molecule has 0 unspecified atom stereocenters. The second-order valence-corrected chi connectivity index (χ2v) is 5.58. The van der Waals surface area contributed by atoms with Crippen LogP contribution in [0.15, 0.2) is 18.5 Å². The number of anilines is 1. The molecule has 0 fully saturated rings. The number of imidazole rings is 1. The lowest BCUT2D eigenvalue weighted by atomic mass is 10.2. The van der Waals surface area contributed by atoms with Gasteiger partial charge in [0, 0.05) is 12.2 Å². The molecule has 3 heterocycles. The molecule has 0 aromatic carbocycles. The Balaban J connectivity index is 2.38. The fraction of sp³-hybridized carbons (Fsp3) is 0.308. The summed E-state index contributed by atoms with van der Waals surface area (Å²) in [5.74, 6) is 0.877. The highest BCUT2D eigenvalue weighted by Gasteiger charge is 2.20. The summed E-state index contributed by atoms with van der Waals surface area (Å²) in [6.45, 7) is 6.23. The highest BCUT2D eigenvalue weighted by Crippen LogP contribution is 2.35. The average molecular weight is 273 g/mol. The Morgan fingerprint density at radius 3 is 2.79 bits per heavy atom. The van der Waals surface area contributed by atoms with Gasteiger partial charge < -0.3 is 10.3 Å². The molecular formula is C13H15N5S. The van der Waals surface area contributed by atoms with E-state index in [1.165, 1.54) is 11.5 Å². The molecule has 19 heavy (non-hydrogen) atoms. The van der Waals surface area contributed by atoms with E-state index in [0.29, 0.717) is 11.0 Å². The molecule has 0 bridgehead atoms. The monoisotopic (exact) mass is 273 g/mol. The van der Waals surface area contributed by atoms with E-state index in [1.54, 1.807) is 12.4 Å². The fourth-order valence-electron chi connectivity index (χ4n) is 2.31. The van der Waals surface area contributed by atoms with Crippen molar-refractivity contribution in [2.24, 2.45) is 0 Å². The van der Waals surface area contributed by atoms with Gasteiger partial charge in [0.05, 0.1) is 23.0 Å². The first-order valence-corrected chi connectivity index (χ1v) is 6.91. The lowest BCUT2D eigenvalue weighted by molar-refractivity contribution is 0.624. The van der Waals surface area contributed by atoms with Crippen LogP contribution in [0.5, 0.6) is 0 Å². The number of fused-ring (bicyclic) bond motifs is 1. The first-order valence-electron chi connectivity index (χ1n) is 6.13. The van der Waals surface area contributed by atoms with Gasteiger partial charge >= 0.3 is 0 Å². The van der Waals surface area contributed by atoms with Crippen LogP contribution in [-0.4, -0.2) is 18.9 Å². The molecule has 0 spiro atoms. The molecule has 0 amide bonds. The van der Waals surface area contributed by atoms with Crippen LogP contribution in [0.3, 0.4) is 0 Å². The number of pyridine rings is 1. The Kier molecular flexibility index (Phi) is 2.74. The summed E-state index contributed by atoms with van der Waals surface area (Å²) in [4.78, 5) is 8.82. The average Bonchev–Trinajstić information content (AvgIpc) is 2.89. The molecule has 0 saturated heterocycles. The molecule has 0 aliphatic carbocycles. The van der Waals surface area contributed by atoms with E-state index in [9.17, 15) is 0 Å². The van der Waals surface area contributed by atoms with Crippen LogP contribution in [0.25, 0.3) is 22.4 Å². The molecule has 3 aromatic rings. The normalized spacial score (nSPS) is 11.6. The van der Waals surface area contributed by atoms with Crippen LogP contribution in [0.2, 0.25) is 0 Å². The van der Waals surface area contributed by atoms with Crippen molar-refractivity contribution in [1.29, 1.82) is 0 Å². The van der Waals surface area contributed by atoms with Gasteiger partial charge in [0.15, 0.2) is 0 Å². The van der Waals surface area contributed by atoms with Crippen LogP contribution in [0, 0.1) is 6.92 Å². The van der Waals surface area contributed by atoms with Crippen molar-refractivity contribution < 1.29 is 0 Å². The Labute approximate surface area is 115 Å². The number of rotatable bonds is 2. The molecule has 0 radical (unpaired) electrons. The fourth-order valence-corrected chi connectivity index (χ4v) is 2.97. The Hall–Kier alpha value is -1.95. The summed E-state index contributed by atoms with van der Waals surface area (Å²) in [6.07, 6.45) is 3.57. The number of nitrogens with two attached hydrogens (primary N) is 1. The number of nitrogen functional groups attached to an aromatic ring is 1. The van der Waals surface area contributed by atoms with Crippen LogP contribution in [0.1, 0.15) is 25.6 Å². The zero-order valence-corrected chi connectivity index (χ0v) is 11.9. The topological polar surface area (TPSA) is 69.6 Å². The van der Waals surface area contributed by atoms with Crippen molar-refractivity contribution in [3.8, 4) is 11.4 Å². The van der Waals surface area contributed by atoms with Gasteiger partial charge in [-0.25, -0.2) is 4.98 Å². The van der Waals surface area contributed by atoms with E-state index in [0.717, 1.165) is 28.1 Å². The van der Waals surface area contributed by atoms with Crippen molar-refractivity contribution in [2.75, 3.05) is 5.73 Å². The molecule has 2 N–H and O–H groups in total. The van der Waals surface area contributed by atoms with Gasteiger partial charge in [0.25, 0.3) is 0 Å². The van der Waals surface area contributed by atoms with Gasteiger partial charge in [0.2, 0.25) is 0 Å². The minimum atomic E-state index is 0.293. The molecule has 0 saturated carbocycles. The van der Waals surface area contributed by atoms with Gasteiger partial charge in [-0.3, -0.25) is 4.98 Å². The number of hydrogen-bond donors (Lipinski definition) is 1. The predicted molar refractivity (Wildman–Crippen MR) is 78.2 cm³/mol. The summed E-state index contributed by atoms with van der Waals surface area (Å²) < 4.78 is 6.50. The second-order valence-electron chi connectivity index (χ2n) is 4.77. The first-order chi connectivity index (χ1) is 9.09. The Morgan fingerprint density at radius 2 is 2.16 bits per heavy atom. The van der Waals surface area contributed by atoms with Gasteiger partial charge in [-0.05, 0) is 38.4 Å². The number of aryl methyl sites for hydroxylation is 1. The van der Waals surface area contributed by atoms with E-state index in [2.05, 4.69) is 32.8 Å². The highest BCUT2D eigenvalue weighted by atomic mass is 32.1. The standard InChI is InChI=1S/C13H15N5S/c1-7(2)18-10-4-5-15-6-9(10)16-13(18)11-8(3)17-19-12(11)14/h4-7H,14H2,1-3H3. The minimum Gasteiger partial charge on any atom is -0.389 e. The lowest BCUT2D eigenvalue weighted by Gasteiger charge is -2.13. The maximum Gasteiger partial charge on any atom is 0.146 e. The molecule has 3 aromatic heterocycles. The summed E-state index contributed by atoms with van der Waals surface area (Å²) in [5.41, 5.74) is 9.87. The largest absolute Gasteiger partial charge is 0.389 e. The zero-order chi connectivity index (χ0) is 13.6. The van der Waals surface area contributed by atoms with E-state index in [-0.39, 0.29) is 0 Å². The molecule has 98 valence electrons. The first kappa shape index (κ1) is 12.1.